The van der Waals surface area contributed by atoms with Crippen LogP contribution in [0, 0.1) is 5.82 Å². The van der Waals surface area contributed by atoms with E-state index in [2.05, 4.69) is 20.3 Å². The van der Waals surface area contributed by atoms with E-state index >= 15 is 4.39 Å². The third-order valence-corrected chi connectivity index (χ3v) is 7.08. The molecule has 1 aromatic carbocycles. The molecule has 3 heterocycles. The first-order valence-corrected chi connectivity index (χ1v) is 10.6. The Morgan fingerprint density at radius 2 is 2.23 bits per heavy atom. The Hall–Kier alpha value is -3.12. The van der Waals surface area contributed by atoms with Crippen LogP contribution >= 0.6 is 0 Å². The van der Waals surface area contributed by atoms with Crippen LogP contribution < -0.4 is 15.8 Å². The number of methoxy groups -OCH3 is 1. The lowest BCUT2D eigenvalue weighted by molar-refractivity contribution is 0.0540. The molecule has 0 radical (unpaired) electrons. The fraction of sp³-hybridized carbons (Fsp3) is 0.368. The highest BCUT2D eigenvalue weighted by atomic mass is 32.2. The van der Waals surface area contributed by atoms with E-state index in [1.54, 1.807) is 7.05 Å². The molecule has 12 heteroatoms. The number of guanidine groups is 1. The van der Waals surface area contributed by atoms with E-state index in [1.165, 1.54) is 42.0 Å². The van der Waals surface area contributed by atoms with Crippen LogP contribution in [0.2, 0.25) is 0 Å². The van der Waals surface area contributed by atoms with Crippen molar-refractivity contribution in [1.82, 2.24) is 14.3 Å². The zero-order chi connectivity index (χ0) is 22.2. The van der Waals surface area contributed by atoms with Gasteiger partial charge in [-0.15, -0.1) is 0 Å². The van der Waals surface area contributed by atoms with Gasteiger partial charge in [0.1, 0.15) is 33.3 Å². The van der Waals surface area contributed by atoms with Gasteiger partial charge in [0.25, 0.3) is 5.91 Å². The number of aliphatic imine (C=N–C) groups is 1. The summed E-state index contributed by atoms with van der Waals surface area (Å²) in [5, 5.41) is 2.06. The summed E-state index contributed by atoms with van der Waals surface area (Å²) in [6, 6.07) is 4.15. The van der Waals surface area contributed by atoms with E-state index in [0.717, 1.165) is 0 Å². The van der Waals surface area contributed by atoms with Gasteiger partial charge in [-0.05, 0) is 18.2 Å². The Balaban J connectivity index is 1.70. The smallest absolute Gasteiger partial charge is 0.275 e. The van der Waals surface area contributed by atoms with Crippen LogP contribution in [0.15, 0.2) is 35.6 Å². The van der Waals surface area contributed by atoms with Gasteiger partial charge < -0.3 is 20.5 Å². The molecule has 3 unspecified atom stereocenters. The largest absolute Gasteiger partial charge is 0.480 e. The summed E-state index contributed by atoms with van der Waals surface area (Å²) >= 11 is 0. The van der Waals surface area contributed by atoms with Crippen molar-refractivity contribution in [2.45, 2.75) is 17.2 Å². The summed E-state index contributed by atoms with van der Waals surface area (Å²) in [4.78, 5) is 25.0. The van der Waals surface area contributed by atoms with Crippen molar-refractivity contribution in [2.24, 2.45) is 10.7 Å². The maximum absolute atomic E-state index is 15.0. The summed E-state index contributed by atoms with van der Waals surface area (Å²) in [6.07, 6.45) is 2.90. The van der Waals surface area contributed by atoms with E-state index < -0.39 is 33.5 Å². The average molecular weight is 448 g/mol. The summed E-state index contributed by atoms with van der Waals surface area (Å²) in [5.74, 6) is -0.731. The van der Waals surface area contributed by atoms with Gasteiger partial charge >= 0.3 is 0 Å². The maximum Gasteiger partial charge on any atom is 0.275 e. The minimum Gasteiger partial charge on any atom is -0.480 e. The number of fused-ring (bicyclic) bond motifs is 1. The third-order valence-electron chi connectivity index (χ3n) is 5.34. The van der Waals surface area contributed by atoms with Crippen molar-refractivity contribution >= 4 is 28.5 Å². The topological polar surface area (TPSA) is 132 Å². The molecule has 0 spiro atoms. The first-order valence-electron chi connectivity index (χ1n) is 9.40. The molecular formula is C19H21FN6O4S. The number of nitrogens with one attached hydrogen (secondary N) is 1. The highest BCUT2D eigenvalue weighted by molar-refractivity contribution is 7.84. The van der Waals surface area contributed by atoms with E-state index in [9.17, 15) is 9.00 Å². The number of anilines is 1. The first kappa shape index (κ1) is 21.1. The molecule has 2 aliphatic heterocycles. The zero-order valence-electron chi connectivity index (χ0n) is 16.9. The van der Waals surface area contributed by atoms with Gasteiger partial charge in [-0.2, -0.15) is 0 Å². The number of ether oxygens (including phenoxy) is 2. The van der Waals surface area contributed by atoms with Crippen LogP contribution in [0.5, 0.6) is 5.88 Å². The lowest BCUT2D eigenvalue weighted by atomic mass is 9.82. The molecular weight excluding hydrogens is 427 g/mol. The molecule has 0 bridgehead atoms. The molecule has 1 fully saturated rings. The highest BCUT2D eigenvalue weighted by Crippen LogP contribution is 2.43. The molecule has 4 rings (SSSR count). The van der Waals surface area contributed by atoms with Gasteiger partial charge in [-0.25, -0.2) is 23.6 Å². The van der Waals surface area contributed by atoms with E-state index in [4.69, 9.17) is 15.2 Å². The third kappa shape index (κ3) is 3.72. The molecule has 164 valence electrons. The number of hydrogen-bond acceptors (Lipinski definition) is 8. The van der Waals surface area contributed by atoms with E-state index in [1.807, 2.05) is 0 Å². The van der Waals surface area contributed by atoms with Crippen molar-refractivity contribution in [3.8, 4) is 5.88 Å². The van der Waals surface area contributed by atoms with Gasteiger partial charge in [0, 0.05) is 31.3 Å². The molecule has 3 atom stereocenters. The van der Waals surface area contributed by atoms with Crippen LogP contribution in [-0.4, -0.2) is 63.0 Å². The number of nitrogens with zero attached hydrogens (tertiary/aromatic N) is 4. The monoisotopic (exact) mass is 448 g/mol. The SMILES string of the molecule is COc1cnc(C(=O)Nc2ccc(F)c(C34CCOCC3S(=O)N(C)C(N)=N4)c2)cn1. The normalized spacial score (nSPS) is 25.4. The molecule has 3 N–H and O–H groups in total. The zero-order valence-corrected chi connectivity index (χ0v) is 17.7. The standard InChI is InChI=1S/C19H21FN6O4S/c1-26-18(21)25-19(5-6-30-10-15(19)31(26)28)12-7-11(3-4-13(12)20)24-17(27)14-8-23-16(29-2)9-22-14/h3-4,7-9,15H,5-6,10H2,1-2H3,(H2,21,25)(H,24,27). The number of hydrogen-bond donors (Lipinski definition) is 2. The number of amides is 1. The van der Waals surface area contributed by atoms with Gasteiger partial charge in [0.15, 0.2) is 0 Å². The molecule has 2 aliphatic rings. The number of benzene rings is 1. The van der Waals surface area contributed by atoms with Crippen molar-refractivity contribution in [2.75, 3.05) is 32.7 Å². The second kappa shape index (κ2) is 8.19. The van der Waals surface area contributed by atoms with Crippen molar-refractivity contribution < 1.29 is 22.9 Å². The molecule has 0 saturated carbocycles. The fourth-order valence-electron chi connectivity index (χ4n) is 3.66. The van der Waals surface area contributed by atoms with Crippen LogP contribution in [0.25, 0.3) is 0 Å². The molecule has 10 nitrogen and oxygen atoms in total. The Morgan fingerprint density at radius 1 is 1.42 bits per heavy atom. The lowest BCUT2D eigenvalue weighted by Gasteiger charge is -2.45. The van der Waals surface area contributed by atoms with Gasteiger partial charge in [-0.1, -0.05) is 0 Å². The predicted molar refractivity (Wildman–Crippen MR) is 111 cm³/mol. The second-order valence-corrected chi connectivity index (χ2v) is 8.74. The Kier molecular flexibility index (Phi) is 5.58. The molecule has 1 aromatic heterocycles. The summed E-state index contributed by atoms with van der Waals surface area (Å²) in [7, 11) is 1.45. The van der Waals surface area contributed by atoms with Crippen molar-refractivity contribution in [1.29, 1.82) is 0 Å². The Bertz CT molecular complexity index is 1070. The first-order chi connectivity index (χ1) is 14.9. The highest BCUT2D eigenvalue weighted by Gasteiger charge is 2.52. The van der Waals surface area contributed by atoms with Crippen LogP contribution in [-0.2, 0) is 21.3 Å². The number of carbonyl (C=O) groups excluding carboxylic acids is 1. The number of aromatic nitrogens is 2. The molecule has 1 amide bonds. The average Bonchev–Trinajstić information content (AvgIpc) is 2.78. The second-order valence-electron chi connectivity index (χ2n) is 7.07. The number of nitrogens with two attached hydrogens (primary N) is 1. The Labute approximate surface area is 180 Å². The van der Waals surface area contributed by atoms with E-state index in [0.29, 0.717) is 18.7 Å². The number of halogens is 1. The summed E-state index contributed by atoms with van der Waals surface area (Å²) < 4.78 is 39.7. The van der Waals surface area contributed by atoms with Crippen LogP contribution in [0.3, 0.4) is 0 Å². The van der Waals surface area contributed by atoms with Gasteiger partial charge in [0.05, 0.1) is 26.1 Å². The molecule has 31 heavy (non-hydrogen) atoms. The fourth-order valence-corrected chi connectivity index (χ4v) is 5.12. The Morgan fingerprint density at radius 3 is 2.94 bits per heavy atom. The lowest BCUT2D eigenvalue weighted by Crippen LogP contribution is -2.58. The minimum absolute atomic E-state index is 0.0545. The van der Waals surface area contributed by atoms with Crippen molar-refractivity contribution in [3.05, 3.63) is 47.7 Å². The minimum atomic E-state index is -1.56. The van der Waals surface area contributed by atoms with Crippen LogP contribution in [0.1, 0.15) is 22.5 Å². The molecule has 1 saturated heterocycles. The van der Waals surface area contributed by atoms with Gasteiger partial charge in [0.2, 0.25) is 11.8 Å². The maximum atomic E-state index is 15.0. The summed E-state index contributed by atoms with van der Waals surface area (Å²) in [6.45, 7) is 0.455. The summed E-state index contributed by atoms with van der Waals surface area (Å²) in [5.41, 5.74) is 5.42. The molecule has 0 aliphatic carbocycles. The quantitative estimate of drug-likeness (QED) is 0.707. The number of carbonyl (C=O) groups is 1. The predicted octanol–water partition coefficient (Wildman–Crippen LogP) is 0.785. The van der Waals surface area contributed by atoms with Gasteiger partial charge in [-0.3, -0.25) is 9.10 Å². The van der Waals surface area contributed by atoms with Crippen LogP contribution in [0.4, 0.5) is 10.1 Å². The molecule has 2 aromatic rings. The van der Waals surface area contributed by atoms with Crippen molar-refractivity contribution in [3.63, 3.8) is 0 Å². The van der Waals surface area contributed by atoms with E-state index in [-0.39, 0.29) is 29.7 Å². The number of rotatable bonds is 4.